The van der Waals surface area contributed by atoms with E-state index in [0.29, 0.717) is 22.7 Å². The fraction of sp³-hybridized carbons (Fsp3) is 0. The van der Waals surface area contributed by atoms with Crippen LogP contribution in [-0.4, -0.2) is 19.9 Å². The van der Waals surface area contributed by atoms with E-state index in [4.69, 9.17) is 11.7 Å². The van der Waals surface area contributed by atoms with Crippen molar-refractivity contribution in [3.8, 4) is 0 Å². The van der Waals surface area contributed by atoms with Crippen molar-refractivity contribution < 1.29 is 0 Å². The Hall–Kier alpha value is -3.10. The fourth-order valence-corrected chi connectivity index (χ4v) is 2.55. The van der Waals surface area contributed by atoms with E-state index in [1.54, 1.807) is 24.5 Å². The summed E-state index contributed by atoms with van der Waals surface area (Å²) in [5, 5.41) is 1.72. The van der Waals surface area contributed by atoms with Gasteiger partial charge in [0.15, 0.2) is 0 Å². The molecule has 0 radical (unpaired) electrons. The SMILES string of the molecule is NNc1ccc2c3nccnc3c3ccc(NN)nc3c2n1. The minimum absolute atomic E-state index is 0.546. The average molecular weight is 292 g/mol. The number of aromatic nitrogens is 4. The van der Waals surface area contributed by atoms with Crippen LogP contribution in [0, 0.1) is 0 Å². The minimum atomic E-state index is 0.546. The molecule has 0 aliphatic heterocycles. The molecule has 4 rings (SSSR count). The number of nitrogens with two attached hydrogens (primary N) is 2. The largest absolute Gasteiger partial charge is 0.308 e. The van der Waals surface area contributed by atoms with Gasteiger partial charge in [0.05, 0.1) is 11.0 Å². The third kappa shape index (κ3) is 1.72. The Kier molecular flexibility index (Phi) is 2.71. The van der Waals surface area contributed by atoms with Crippen molar-refractivity contribution in [2.24, 2.45) is 11.7 Å². The molecule has 0 amide bonds. The molecule has 1 aromatic carbocycles. The normalized spacial score (nSPS) is 11.2. The highest BCUT2D eigenvalue weighted by Crippen LogP contribution is 2.31. The Labute approximate surface area is 124 Å². The van der Waals surface area contributed by atoms with Gasteiger partial charge in [0.1, 0.15) is 22.7 Å². The van der Waals surface area contributed by atoms with Crippen molar-refractivity contribution in [2.45, 2.75) is 0 Å². The zero-order valence-corrected chi connectivity index (χ0v) is 11.4. The average Bonchev–Trinajstić information content (AvgIpc) is 2.61. The summed E-state index contributed by atoms with van der Waals surface area (Å²) in [4.78, 5) is 17.9. The molecule has 0 bridgehead atoms. The van der Waals surface area contributed by atoms with Crippen LogP contribution >= 0.6 is 0 Å². The first-order valence-corrected chi connectivity index (χ1v) is 6.59. The summed E-state index contributed by atoms with van der Waals surface area (Å²) in [6.07, 6.45) is 3.32. The lowest BCUT2D eigenvalue weighted by Gasteiger charge is -2.09. The second-order valence-electron chi connectivity index (χ2n) is 4.73. The van der Waals surface area contributed by atoms with E-state index in [1.807, 2.05) is 12.1 Å². The predicted octanol–water partition coefficient (Wildman–Crippen LogP) is 1.30. The van der Waals surface area contributed by atoms with Crippen molar-refractivity contribution >= 4 is 44.5 Å². The Morgan fingerprint density at radius 2 is 1.09 bits per heavy atom. The third-order valence-corrected chi connectivity index (χ3v) is 3.52. The molecule has 108 valence electrons. The molecule has 0 spiro atoms. The molecule has 0 aliphatic rings. The molecular formula is C14H12N8. The van der Waals surface area contributed by atoms with Crippen LogP contribution in [-0.2, 0) is 0 Å². The van der Waals surface area contributed by atoms with Crippen molar-refractivity contribution in [1.82, 2.24) is 19.9 Å². The molecule has 4 aromatic rings. The maximum absolute atomic E-state index is 5.46. The first-order chi connectivity index (χ1) is 10.8. The number of nitrogens with one attached hydrogen (secondary N) is 2. The van der Waals surface area contributed by atoms with Crippen molar-refractivity contribution in [2.75, 3.05) is 10.9 Å². The van der Waals surface area contributed by atoms with Gasteiger partial charge >= 0.3 is 0 Å². The van der Waals surface area contributed by atoms with E-state index in [0.717, 1.165) is 21.8 Å². The molecule has 0 unspecified atom stereocenters. The van der Waals surface area contributed by atoms with Crippen LogP contribution in [0.1, 0.15) is 0 Å². The highest BCUT2D eigenvalue weighted by molar-refractivity contribution is 6.20. The number of nitrogens with zero attached hydrogens (tertiary/aromatic N) is 4. The smallest absolute Gasteiger partial charge is 0.140 e. The molecule has 0 saturated carbocycles. The van der Waals surface area contributed by atoms with Crippen LogP contribution in [0.15, 0.2) is 36.7 Å². The van der Waals surface area contributed by atoms with Crippen molar-refractivity contribution in [1.29, 1.82) is 0 Å². The number of hydrazine groups is 2. The van der Waals surface area contributed by atoms with Gasteiger partial charge in [-0.05, 0) is 24.3 Å². The van der Waals surface area contributed by atoms with Gasteiger partial charge in [0, 0.05) is 23.2 Å². The molecule has 0 aliphatic carbocycles. The van der Waals surface area contributed by atoms with Crippen LogP contribution in [0.5, 0.6) is 0 Å². The summed E-state index contributed by atoms with van der Waals surface area (Å²) in [6, 6.07) is 7.37. The first-order valence-electron chi connectivity index (χ1n) is 6.59. The zero-order chi connectivity index (χ0) is 15.1. The van der Waals surface area contributed by atoms with Gasteiger partial charge in [0.25, 0.3) is 0 Å². The Balaban J connectivity index is 2.29. The summed E-state index contributed by atoms with van der Waals surface area (Å²) in [6.45, 7) is 0. The molecule has 6 N–H and O–H groups in total. The molecule has 0 saturated heterocycles. The Morgan fingerprint density at radius 1 is 0.636 bits per heavy atom. The number of nitrogen functional groups attached to an aromatic ring is 2. The molecule has 0 fully saturated rings. The summed E-state index contributed by atoms with van der Waals surface area (Å²) >= 11 is 0. The number of hydrogen-bond donors (Lipinski definition) is 4. The molecule has 3 aromatic heterocycles. The highest BCUT2D eigenvalue weighted by Gasteiger charge is 2.13. The molecule has 3 heterocycles. The van der Waals surface area contributed by atoms with E-state index < -0.39 is 0 Å². The van der Waals surface area contributed by atoms with Crippen molar-refractivity contribution in [3.63, 3.8) is 0 Å². The lowest BCUT2D eigenvalue weighted by Crippen LogP contribution is -2.09. The highest BCUT2D eigenvalue weighted by atomic mass is 15.3. The third-order valence-electron chi connectivity index (χ3n) is 3.52. The van der Waals surface area contributed by atoms with Gasteiger partial charge in [-0.25, -0.2) is 21.7 Å². The van der Waals surface area contributed by atoms with Crippen LogP contribution in [0.4, 0.5) is 11.6 Å². The van der Waals surface area contributed by atoms with Gasteiger partial charge in [-0.1, -0.05) is 0 Å². The quantitative estimate of drug-likeness (QED) is 0.247. The summed E-state index contributed by atoms with van der Waals surface area (Å²) < 4.78 is 0. The van der Waals surface area contributed by atoms with Gasteiger partial charge in [-0.15, -0.1) is 0 Å². The summed E-state index contributed by atoms with van der Waals surface area (Å²) in [7, 11) is 0. The minimum Gasteiger partial charge on any atom is -0.308 e. The van der Waals surface area contributed by atoms with Gasteiger partial charge in [-0.3, -0.25) is 9.97 Å². The van der Waals surface area contributed by atoms with E-state index in [2.05, 4.69) is 30.8 Å². The number of anilines is 2. The predicted molar refractivity (Wildman–Crippen MR) is 85.8 cm³/mol. The summed E-state index contributed by atoms with van der Waals surface area (Å²) in [5.74, 6) is 12.0. The van der Waals surface area contributed by atoms with Gasteiger partial charge < -0.3 is 10.9 Å². The van der Waals surface area contributed by atoms with Crippen LogP contribution in [0.3, 0.4) is 0 Å². The fourth-order valence-electron chi connectivity index (χ4n) is 2.55. The van der Waals surface area contributed by atoms with E-state index >= 15 is 0 Å². The van der Waals surface area contributed by atoms with E-state index in [1.165, 1.54) is 0 Å². The lowest BCUT2D eigenvalue weighted by molar-refractivity contribution is 1.24. The van der Waals surface area contributed by atoms with Crippen LogP contribution < -0.4 is 22.5 Å². The maximum Gasteiger partial charge on any atom is 0.140 e. The van der Waals surface area contributed by atoms with Gasteiger partial charge in [0.2, 0.25) is 0 Å². The van der Waals surface area contributed by atoms with Crippen molar-refractivity contribution in [3.05, 3.63) is 36.7 Å². The molecule has 22 heavy (non-hydrogen) atoms. The first kappa shape index (κ1) is 12.6. The second-order valence-corrected chi connectivity index (χ2v) is 4.73. The molecular weight excluding hydrogens is 280 g/mol. The lowest BCUT2D eigenvalue weighted by atomic mass is 10.1. The van der Waals surface area contributed by atoms with Crippen LogP contribution in [0.25, 0.3) is 32.8 Å². The summed E-state index contributed by atoms with van der Waals surface area (Å²) in [5.41, 5.74) is 8.02. The number of rotatable bonds is 2. The molecule has 8 nitrogen and oxygen atoms in total. The maximum atomic E-state index is 5.46. The molecule has 8 heteroatoms. The van der Waals surface area contributed by atoms with E-state index in [9.17, 15) is 0 Å². The Bertz CT molecular complexity index is 931. The number of fused-ring (bicyclic) bond motifs is 6. The standard InChI is InChI=1S/C14H12N8/c15-21-9-3-1-7-11-12(18-6-5-17-11)8-2-4-10(22-16)20-14(8)13(7)19-9/h1-6H,15-16H2,(H,19,21)(H,20,22). The number of hydrogen-bond acceptors (Lipinski definition) is 8. The topological polar surface area (TPSA) is 128 Å². The second kappa shape index (κ2) is 4.72. The molecule has 0 atom stereocenters. The van der Waals surface area contributed by atoms with E-state index in [-0.39, 0.29) is 0 Å². The zero-order valence-electron chi connectivity index (χ0n) is 11.4. The Morgan fingerprint density at radius 3 is 1.50 bits per heavy atom. The number of pyridine rings is 2. The van der Waals surface area contributed by atoms with Gasteiger partial charge in [-0.2, -0.15) is 0 Å². The van der Waals surface area contributed by atoms with Crippen LogP contribution in [0.2, 0.25) is 0 Å². The number of benzene rings is 1. The monoisotopic (exact) mass is 292 g/mol.